The van der Waals surface area contributed by atoms with Crippen LogP contribution in [0.4, 0.5) is 5.69 Å². The van der Waals surface area contributed by atoms with Crippen LogP contribution in [-0.4, -0.2) is 20.6 Å². The number of benzene rings is 3. The maximum Gasteiger partial charge on any atom is 0.251 e. The molecule has 0 aromatic heterocycles. The minimum atomic E-state index is -3.47. The Hall–Kier alpha value is -3.12. The van der Waals surface area contributed by atoms with Gasteiger partial charge < -0.3 is 5.32 Å². The fourth-order valence-corrected chi connectivity index (χ4v) is 4.70. The van der Waals surface area contributed by atoms with E-state index in [-0.39, 0.29) is 18.5 Å². The molecule has 1 amide bonds. The summed E-state index contributed by atoms with van der Waals surface area (Å²) in [6.45, 7) is 8.17. The lowest BCUT2D eigenvalue weighted by Gasteiger charge is -2.23. The first kappa shape index (κ1) is 24.5. The highest BCUT2D eigenvalue weighted by Gasteiger charge is 2.19. The Morgan fingerprint density at radius 1 is 0.909 bits per heavy atom. The number of carbonyl (C=O) groups is 1. The molecule has 1 unspecified atom stereocenters. The van der Waals surface area contributed by atoms with Crippen LogP contribution in [0.25, 0.3) is 0 Å². The number of amides is 1. The Balaban J connectivity index is 1.73. The van der Waals surface area contributed by atoms with Crippen molar-refractivity contribution in [3.63, 3.8) is 0 Å². The second-order valence-corrected chi connectivity index (χ2v) is 10.5. The molecule has 0 bridgehead atoms. The molecular formula is C27H32N2O3S. The van der Waals surface area contributed by atoms with Crippen molar-refractivity contribution in [2.75, 3.05) is 10.6 Å². The van der Waals surface area contributed by atoms with Crippen molar-refractivity contribution >= 4 is 21.6 Å². The van der Waals surface area contributed by atoms with Gasteiger partial charge in [-0.25, -0.2) is 8.42 Å². The van der Waals surface area contributed by atoms with E-state index in [9.17, 15) is 13.2 Å². The van der Waals surface area contributed by atoms with E-state index in [1.807, 2.05) is 51.1 Å². The van der Waals surface area contributed by atoms with Gasteiger partial charge in [-0.2, -0.15) is 0 Å². The monoisotopic (exact) mass is 464 g/mol. The van der Waals surface area contributed by atoms with Crippen LogP contribution >= 0.6 is 0 Å². The molecule has 0 fully saturated rings. The Morgan fingerprint density at radius 3 is 1.97 bits per heavy atom. The lowest BCUT2D eigenvalue weighted by molar-refractivity contribution is 0.0940. The molecule has 174 valence electrons. The molecule has 0 heterocycles. The molecule has 6 heteroatoms. The summed E-state index contributed by atoms with van der Waals surface area (Å²) in [6.07, 6.45) is 2.19. The lowest BCUT2D eigenvalue weighted by Crippen LogP contribution is -2.29. The predicted octanol–water partition coefficient (Wildman–Crippen LogP) is 5.32. The van der Waals surface area contributed by atoms with Gasteiger partial charge in [0, 0.05) is 5.56 Å². The zero-order valence-corrected chi connectivity index (χ0v) is 20.7. The third-order valence-electron chi connectivity index (χ3n) is 5.67. The number of sulfonamides is 1. The first-order valence-electron chi connectivity index (χ1n) is 11.1. The number of nitrogens with one attached hydrogen (secondary N) is 1. The molecule has 0 aliphatic heterocycles. The second kappa shape index (κ2) is 10.2. The minimum absolute atomic E-state index is 0.117. The molecular weight excluding hydrogens is 432 g/mol. The summed E-state index contributed by atoms with van der Waals surface area (Å²) >= 11 is 0. The van der Waals surface area contributed by atoms with Gasteiger partial charge in [-0.3, -0.25) is 9.10 Å². The highest BCUT2D eigenvalue weighted by atomic mass is 32.2. The van der Waals surface area contributed by atoms with Crippen LogP contribution < -0.4 is 9.62 Å². The van der Waals surface area contributed by atoms with Gasteiger partial charge in [0.15, 0.2) is 0 Å². The van der Waals surface area contributed by atoms with E-state index in [2.05, 4.69) is 24.4 Å². The summed E-state index contributed by atoms with van der Waals surface area (Å²) in [5, 5.41) is 3.03. The van der Waals surface area contributed by atoms with Crippen molar-refractivity contribution in [3.8, 4) is 0 Å². The van der Waals surface area contributed by atoms with Gasteiger partial charge >= 0.3 is 0 Å². The van der Waals surface area contributed by atoms with E-state index in [1.54, 1.807) is 24.3 Å². The van der Waals surface area contributed by atoms with E-state index < -0.39 is 10.0 Å². The largest absolute Gasteiger partial charge is 0.346 e. The highest BCUT2D eigenvalue weighted by molar-refractivity contribution is 7.92. The highest BCUT2D eigenvalue weighted by Crippen LogP contribution is 2.24. The Labute approximate surface area is 197 Å². The number of anilines is 1. The molecule has 0 saturated carbocycles. The molecule has 0 aliphatic carbocycles. The fourth-order valence-electron chi connectivity index (χ4n) is 3.83. The van der Waals surface area contributed by atoms with E-state index >= 15 is 0 Å². The molecule has 5 nitrogen and oxygen atoms in total. The first-order valence-corrected chi connectivity index (χ1v) is 13.0. The van der Waals surface area contributed by atoms with Gasteiger partial charge in [0.2, 0.25) is 10.0 Å². The molecule has 3 rings (SSSR count). The number of nitrogens with zero attached hydrogens (tertiary/aromatic N) is 1. The third kappa shape index (κ3) is 6.45. The van der Waals surface area contributed by atoms with Crippen molar-refractivity contribution < 1.29 is 13.2 Å². The molecule has 3 aromatic carbocycles. The summed E-state index contributed by atoms with van der Waals surface area (Å²) in [4.78, 5) is 12.7. The zero-order valence-electron chi connectivity index (χ0n) is 19.9. The van der Waals surface area contributed by atoms with Crippen LogP contribution in [0.5, 0.6) is 0 Å². The molecule has 1 atom stereocenters. The number of hydrogen-bond acceptors (Lipinski definition) is 3. The van der Waals surface area contributed by atoms with Crippen LogP contribution in [0, 0.1) is 13.8 Å². The van der Waals surface area contributed by atoms with Gasteiger partial charge in [-0.05, 0) is 79.3 Å². The van der Waals surface area contributed by atoms with Gasteiger partial charge in [0.05, 0.1) is 24.5 Å². The SMILES string of the molecule is CCc1ccc(C(C)NC(=O)c2ccc(CN(c3cc(C)cc(C)c3)S(C)(=O)=O)cc2)cc1. The molecule has 0 spiro atoms. The maximum atomic E-state index is 12.7. The molecule has 0 saturated heterocycles. The Morgan fingerprint density at radius 2 is 1.45 bits per heavy atom. The van der Waals surface area contributed by atoms with Gasteiger partial charge in [0.25, 0.3) is 5.91 Å². The fraction of sp³-hybridized carbons (Fsp3) is 0.296. The third-order valence-corrected chi connectivity index (χ3v) is 6.81. The molecule has 0 aliphatic rings. The zero-order chi connectivity index (χ0) is 24.2. The smallest absolute Gasteiger partial charge is 0.251 e. The van der Waals surface area contributed by atoms with Crippen LogP contribution in [0.3, 0.4) is 0 Å². The van der Waals surface area contributed by atoms with Gasteiger partial charge in [-0.15, -0.1) is 0 Å². The summed E-state index contributed by atoms with van der Waals surface area (Å²) in [7, 11) is -3.47. The maximum absolute atomic E-state index is 12.7. The van der Waals surface area contributed by atoms with Crippen molar-refractivity contribution in [2.24, 2.45) is 0 Å². The number of rotatable bonds is 8. The van der Waals surface area contributed by atoms with Crippen molar-refractivity contribution in [3.05, 3.63) is 100 Å². The van der Waals surface area contributed by atoms with Crippen molar-refractivity contribution in [1.82, 2.24) is 5.32 Å². The number of hydrogen-bond donors (Lipinski definition) is 1. The van der Waals surface area contributed by atoms with Crippen molar-refractivity contribution in [1.29, 1.82) is 0 Å². The van der Waals surface area contributed by atoms with Crippen LogP contribution in [0.2, 0.25) is 0 Å². The standard InChI is InChI=1S/C27H32N2O3S/c1-6-22-7-11-24(12-8-22)21(4)28-27(30)25-13-9-23(10-14-25)18-29(33(5,31)32)26-16-19(2)15-20(3)17-26/h7-17,21H,6,18H2,1-5H3,(H,28,30). The number of aryl methyl sites for hydroxylation is 3. The van der Waals surface area contributed by atoms with E-state index in [4.69, 9.17) is 0 Å². The number of carbonyl (C=O) groups excluding carboxylic acids is 1. The van der Waals surface area contributed by atoms with E-state index in [0.717, 1.165) is 28.7 Å². The molecule has 1 N–H and O–H groups in total. The van der Waals surface area contributed by atoms with E-state index in [0.29, 0.717) is 11.3 Å². The normalized spacial score (nSPS) is 12.3. The van der Waals surface area contributed by atoms with Crippen LogP contribution in [0.15, 0.2) is 66.7 Å². The van der Waals surface area contributed by atoms with Crippen LogP contribution in [0.1, 0.15) is 58.1 Å². The second-order valence-electron chi connectivity index (χ2n) is 8.60. The quantitative estimate of drug-likeness (QED) is 0.490. The molecule has 3 aromatic rings. The Bertz CT molecular complexity index is 1200. The topological polar surface area (TPSA) is 66.5 Å². The van der Waals surface area contributed by atoms with E-state index in [1.165, 1.54) is 16.1 Å². The average Bonchev–Trinajstić information content (AvgIpc) is 2.76. The summed E-state index contributed by atoms with van der Waals surface area (Å²) in [6, 6.07) is 20.9. The summed E-state index contributed by atoms with van der Waals surface area (Å²) < 4.78 is 26.4. The molecule has 0 radical (unpaired) electrons. The molecule has 33 heavy (non-hydrogen) atoms. The van der Waals surface area contributed by atoms with Gasteiger partial charge in [-0.1, -0.05) is 49.4 Å². The summed E-state index contributed by atoms with van der Waals surface area (Å²) in [5.41, 5.74) is 6.30. The minimum Gasteiger partial charge on any atom is -0.346 e. The lowest BCUT2D eigenvalue weighted by atomic mass is 10.0. The van der Waals surface area contributed by atoms with Gasteiger partial charge in [0.1, 0.15) is 0 Å². The predicted molar refractivity (Wildman–Crippen MR) is 135 cm³/mol. The first-order chi connectivity index (χ1) is 15.6. The van der Waals surface area contributed by atoms with Crippen molar-refractivity contribution in [2.45, 2.75) is 46.7 Å². The van der Waals surface area contributed by atoms with Crippen LogP contribution in [-0.2, 0) is 23.0 Å². The Kier molecular flexibility index (Phi) is 7.59. The average molecular weight is 465 g/mol. The summed E-state index contributed by atoms with van der Waals surface area (Å²) in [5.74, 6) is -0.164.